The van der Waals surface area contributed by atoms with E-state index in [4.69, 9.17) is 0 Å². The zero-order chi connectivity index (χ0) is 24.2. The number of hydrogen-bond acceptors (Lipinski definition) is 6. The topological polar surface area (TPSA) is 114 Å². The molecule has 0 N–H and O–H groups in total. The van der Waals surface area contributed by atoms with Gasteiger partial charge >= 0.3 is 0 Å². The smallest absolute Gasteiger partial charge is 0.124 e. The zero-order valence-electron chi connectivity index (χ0n) is 19.7. The average Bonchev–Trinajstić information content (AvgIpc) is 2.72. The fourth-order valence-electron chi connectivity index (χ4n) is 2.11. The second kappa shape index (κ2) is 14.1. The third-order valence-electron chi connectivity index (χ3n) is 5.98. The van der Waals surface area contributed by atoms with E-state index in [0.29, 0.717) is 0 Å². The van der Waals surface area contributed by atoms with Crippen molar-refractivity contribution in [1.82, 2.24) is 0 Å². The Bertz CT molecular complexity index is 713. The van der Waals surface area contributed by atoms with Crippen LogP contribution in [0.5, 0.6) is 0 Å². The maximum absolute atomic E-state index is 10.4. The van der Waals surface area contributed by atoms with Gasteiger partial charge in [-0.15, -0.1) is 0 Å². The van der Waals surface area contributed by atoms with Gasteiger partial charge in [0.15, 0.2) is 0 Å². The van der Waals surface area contributed by atoms with Crippen LogP contribution in [0.1, 0.15) is 41.5 Å². The van der Waals surface area contributed by atoms with Gasteiger partial charge in [-0.25, -0.2) is 16.8 Å². The maximum Gasteiger partial charge on any atom is 0.124 e. The number of benzene rings is 1. The first-order valence-corrected chi connectivity index (χ1v) is 18.7. The van der Waals surface area contributed by atoms with Gasteiger partial charge < -0.3 is 9.11 Å². The highest BCUT2D eigenvalue weighted by atomic mass is 32.2. The van der Waals surface area contributed by atoms with E-state index in [1.165, 1.54) is 37.0 Å². The summed E-state index contributed by atoms with van der Waals surface area (Å²) in [4.78, 5) is -1.16. The second-order valence-electron chi connectivity index (χ2n) is 7.52. The third-order valence-corrected chi connectivity index (χ3v) is 16.8. The minimum absolute atomic E-state index is 0.412. The monoisotopic (exact) mass is 502 g/mol. The van der Waals surface area contributed by atoms with Crippen molar-refractivity contribution in [3.63, 3.8) is 0 Å². The lowest BCUT2D eigenvalue weighted by Crippen LogP contribution is -2.01. The molecule has 1 aromatic rings. The first-order chi connectivity index (χ1) is 13.6. The van der Waals surface area contributed by atoms with Gasteiger partial charge in [-0.3, -0.25) is 0 Å². The molecule has 0 unspecified atom stereocenters. The average molecular weight is 503 g/mol. The molecule has 30 heavy (non-hydrogen) atoms. The van der Waals surface area contributed by atoms with Crippen molar-refractivity contribution >= 4 is 34.8 Å². The van der Waals surface area contributed by atoms with Crippen molar-refractivity contribution in [2.45, 2.75) is 51.3 Å². The van der Waals surface area contributed by atoms with Crippen LogP contribution in [0, 0.1) is 0 Å². The summed E-state index contributed by atoms with van der Waals surface area (Å²) in [7, 11) is -10.0. The van der Waals surface area contributed by atoms with Crippen LogP contribution in [0.25, 0.3) is 0 Å². The Labute approximate surface area is 186 Å². The summed E-state index contributed by atoms with van der Waals surface area (Å²) in [6.07, 6.45) is 8.58. The summed E-state index contributed by atoms with van der Waals surface area (Å²) in [5, 5.41) is 0. The summed E-state index contributed by atoms with van der Waals surface area (Å²) in [5.74, 6) is 0. The quantitative estimate of drug-likeness (QED) is 0.370. The molecule has 0 saturated carbocycles. The predicted octanol–water partition coefficient (Wildman–Crippen LogP) is 4.88. The molecule has 0 aliphatic heterocycles. The Morgan fingerprint density at radius 1 is 0.567 bits per heavy atom. The molecule has 0 atom stereocenters. The summed E-state index contributed by atoms with van der Waals surface area (Å²) < 4.78 is 62.5. The van der Waals surface area contributed by atoms with Crippen molar-refractivity contribution in [3.8, 4) is 0 Å². The molecule has 0 spiro atoms. The highest BCUT2D eigenvalue weighted by molar-refractivity contribution is 7.86. The summed E-state index contributed by atoms with van der Waals surface area (Å²) in [5.41, 5.74) is 0. The Kier molecular flexibility index (Phi) is 15.1. The van der Waals surface area contributed by atoms with E-state index in [1.54, 1.807) is 0 Å². The van der Waals surface area contributed by atoms with Crippen LogP contribution in [-0.2, 0) is 20.2 Å². The van der Waals surface area contributed by atoms with Gasteiger partial charge in [0, 0.05) is 27.9 Å². The third kappa shape index (κ3) is 12.7. The highest BCUT2D eigenvalue weighted by Crippen LogP contribution is 2.53. The molecule has 0 fully saturated rings. The molecular weight excluding hydrogens is 462 g/mol. The highest BCUT2D eigenvalue weighted by Gasteiger charge is 2.23. The summed E-state index contributed by atoms with van der Waals surface area (Å²) in [6.45, 7) is 18.9. The van der Waals surface area contributed by atoms with Gasteiger partial charge in [0.25, 0.3) is 0 Å². The normalized spacial score (nSPS) is 12.3. The number of hydrogen-bond donors (Lipinski definition) is 0. The molecule has 0 radical (unpaired) electrons. The van der Waals surface area contributed by atoms with E-state index in [0.717, 1.165) is 24.3 Å². The molecule has 0 aliphatic carbocycles. The van der Waals surface area contributed by atoms with Crippen LogP contribution < -0.4 is 0 Å². The van der Waals surface area contributed by atoms with E-state index >= 15 is 0 Å². The van der Waals surface area contributed by atoms with Gasteiger partial charge in [-0.2, -0.15) is 0 Å². The first-order valence-electron chi connectivity index (χ1n) is 10.3. The predicted molar refractivity (Wildman–Crippen MR) is 131 cm³/mol. The van der Waals surface area contributed by atoms with Gasteiger partial charge in [0.2, 0.25) is 0 Å². The SMILES string of the molecule is CC[P+](C)(CC)CC.CC[P+](C)(CC)CC.O=S(=O)([O-])c1ccc(S(=O)(=O)[O-])cc1. The molecule has 1 rings (SSSR count). The molecule has 0 bridgehead atoms. The van der Waals surface area contributed by atoms with E-state index in [2.05, 4.69) is 54.9 Å². The molecule has 6 nitrogen and oxygen atoms in total. The van der Waals surface area contributed by atoms with Crippen LogP contribution >= 0.6 is 14.5 Å². The van der Waals surface area contributed by atoms with Gasteiger partial charge in [-0.05, 0) is 65.8 Å². The fourth-order valence-corrected chi connectivity index (χ4v) is 5.74. The van der Waals surface area contributed by atoms with Crippen LogP contribution in [0.4, 0.5) is 0 Å². The van der Waals surface area contributed by atoms with Gasteiger partial charge in [0.05, 0.1) is 46.8 Å². The van der Waals surface area contributed by atoms with Crippen LogP contribution in [0.3, 0.4) is 0 Å². The lowest BCUT2D eigenvalue weighted by Gasteiger charge is -2.16. The standard InChI is InChI=1S/2C7H18P.C6H6O6S2/c2*1-5-8(4,6-2)7-3;7-13(8,9)5-1-2-6(4-3-5)14(10,11)12/h2*5-7H2,1-4H3;1-4H,(H,7,8,9)(H,10,11,12)/q2*+1;/p-2. The van der Waals surface area contributed by atoms with Crippen LogP contribution in [-0.4, -0.2) is 76.2 Å². The molecule has 10 heteroatoms. The van der Waals surface area contributed by atoms with Crippen molar-refractivity contribution in [3.05, 3.63) is 24.3 Å². The molecule has 0 aromatic heterocycles. The maximum atomic E-state index is 10.4. The lowest BCUT2D eigenvalue weighted by atomic mass is 10.4. The molecule has 0 amide bonds. The van der Waals surface area contributed by atoms with Crippen LogP contribution in [0.2, 0.25) is 0 Å². The van der Waals surface area contributed by atoms with Gasteiger partial charge in [-0.1, -0.05) is 0 Å². The van der Waals surface area contributed by atoms with Crippen molar-refractivity contribution < 1.29 is 25.9 Å². The minimum Gasteiger partial charge on any atom is -0.744 e. The molecule has 0 heterocycles. The Hall–Kier alpha value is -0.100. The largest absolute Gasteiger partial charge is 0.744 e. The molecular formula is C20H40O6P2S2. The minimum atomic E-state index is -4.61. The van der Waals surface area contributed by atoms with Crippen LogP contribution in [0.15, 0.2) is 34.1 Å². The first kappa shape index (κ1) is 32.1. The Morgan fingerprint density at radius 2 is 0.733 bits per heavy atom. The van der Waals surface area contributed by atoms with Crippen molar-refractivity contribution in [2.75, 3.05) is 50.3 Å². The van der Waals surface area contributed by atoms with Crippen molar-refractivity contribution in [1.29, 1.82) is 0 Å². The molecule has 0 aliphatic rings. The van der Waals surface area contributed by atoms with E-state index in [-0.39, 0.29) is 0 Å². The van der Waals surface area contributed by atoms with E-state index in [1.807, 2.05) is 0 Å². The zero-order valence-corrected chi connectivity index (χ0v) is 23.1. The molecule has 1 aromatic carbocycles. The molecule has 178 valence electrons. The Balaban J connectivity index is 0. The van der Waals surface area contributed by atoms with Gasteiger partial charge in [0.1, 0.15) is 20.2 Å². The Morgan fingerprint density at radius 3 is 0.800 bits per heavy atom. The summed E-state index contributed by atoms with van der Waals surface area (Å²) >= 11 is 0. The molecule has 0 saturated heterocycles. The lowest BCUT2D eigenvalue weighted by molar-refractivity contribution is 0.458. The van der Waals surface area contributed by atoms with Crippen molar-refractivity contribution in [2.24, 2.45) is 0 Å². The summed E-state index contributed by atoms with van der Waals surface area (Å²) in [6, 6.07) is 3.08. The fraction of sp³-hybridized carbons (Fsp3) is 0.700. The number of rotatable bonds is 8. The van der Waals surface area contributed by atoms with E-state index < -0.39 is 44.6 Å². The van der Waals surface area contributed by atoms with E-state index in [9.17, 15) is 25.9 Å². The second-order valence-corrected chi connectivity index (χ2v) is 20.5.